The van der Waals surface area contributed by atoms with Gasteiger partial charge in [-0.05, 0) is 20.3 Å². The van der Waals surface area contributed by atoms with Gasteiger partial charge in [0.1, 0.15) is 9.84 Å². The Hall–Kier alpha value is -0.130. The average molecular weight is 209 g/mol. The van der Waals surface area contributed by atoms with Crippen LogP contribution in [0.5, 0.6) is 0 Å². The lowest BCUT2D eigenvalue weighted by Crippen LogP contribution is -2.36. The van der Waals surface area contributed by atoms with Crippen molar-refractivity contribution in [3.63, 3.8) is 0 Å². The van der Waals surface area contributed by atoms with Gasteiger partial charge in [-0.1, -0.05) is 0 Å². The van der Waals surface area contributed by atoms with Crippen molar-refractivity contribution in [1.29, 1.82) is 0 Å². The van der Waals surface area contributed by atoms with Crippen LogP contribution in [0.1, 0.15) is 20.3 Å². The predicted molar refractivity (Wildman–Crippen MR) is 53.4 cm³/mol. The minimum atomic E-state index is -2.90. The molecule has 0 bridgehead atoms. The summed E-state index contributed by atoms with van der Waals surface area (Å²) < 4.78 is 26.9. The zero-order valence-electron chi connectivity index (χ0n) is 8.49. The zero-order valence-corrected chi connectivity index (χ0v) is 9.30. The van der Waals surface area contributed by atoms with Crippen molar-refractivity contribution in [2.45, 2.75) is 32.4 Å². The Morgan fingerprint density at radius 1 is 1.46 bits per heavy atom. The normalized spacial score (nSPS) is 16.9. The Morgan fingerprint density at radius 2 is 2.00 bits per heavy atom. The van der Waals surface area contributed by atoms with E-state index in [0.717, 1.165) is 0 Å². The lowest BCUT2D eigenvalue weighted by molar-refractivity contribution is 0.0570. The molecule has 0 aliphatic carbocycles. The highest BCUT2D eigenvalue weighted by atomic mass is 32.2. The molecule has 13 heavy (non-hydrogen) atoms. The summed E-state index contributed by atoms with van der Waals surface area (Å²) in [6.07, 6.45) is 1.59. The van der Waals surface area contributed by atoms with Crippen LogP contribution < -0.4 is 5.73 Å². The summed E-state index contributed by atoms with van der Waals surface area (Å²) >= 11 is 0. The Labute approximate surface area is 80.4 Å². The van der Waals surface area contributed by atoms with E-state index in [-0.39, 0.29) is 17.9 Å². The molecule has 5 heteroatoms. The molecule has 0 radical (unpaired) electrons. The van der Waals surface area contributed by atoms with Crippen molar-refractivity contribution in [1.82, 2.24) is 0 Å². The second-order valence-corrected chi connectivity index (χ2v) is 5.50. The van der Waals surface area contributed by atoms with Crippen LogP contribution in [0.25, 0.3) is 0 Å². The number of nitrogens with two attached hydrogens (primary N) is 1. The van der Waals surface area contributed by atoms with Gasteiger partial charge >= 0.3 is 0 Å². The predicted octanol–water partition coefficient (Wildman–Crippen LogP) is 0.173. The first-order valence-electron chi connectivity index (χ1n) is 4.41. The van der Waals surface area contributed by atoms with Crippen LogP contribution in [-0.4, -0.2) is 39.2 Å². The molecule has 2 unspecified atom stereocenters. The third-order valence-corrected chi connectivity index (χ3v) is 2.83. The highest BCUT2D eigenvalue weighted by Crippen LogP contribution is 2.02. The van der Waals surface area contributed by atoms with Crippen molar-refractivity contribution in [2.75, 3.05) is 18.6 Å². The van der Waals surface area contributed by atoms with Crippen LogP contribution in [0.3, 0.4) is 0 Å². The summed E-state index contributed by atoms with van der Waals surface area (Å²) in [5.74, 6) is 0.131. The van der Waals surface area contributed by atoms with E-state index in [4.69, 9.17) is 10.5 Å². The van der Waals surface area contributed by atoms with Gasteiger partial charge in [0, 0.05) is 18.9 Å². The minimum absolute atomic E-state index is 0.0771. The third kappa shape index (κ3) is 6.98. The molecule has 0 rings (SSSR count). The van der Waals surface area contributed by atoms with E-state index in [0.29, 0.717) is 13.0 Å². The summed E-state index contributed by atoms with van der Waals surface area (Å²) in [4.78, 5) is 0. The molecule has 0 aromatic carbocycles. The number of sulfone groups is 1. The van der Waals surface area contributed by atoms with E-state index < -0.39 is 9.84 Å². The maximum atomic E-state index is 10.8. The van der Waals surface area contributed by atoms with Crippen molar-refractivity contribution in [3.8, 4) is 0 Å². The van der Waals surface area contributed by atoms with E-state index in [1.54, 1.807) is 0 Å². The molecule has 80 valence electrons. The zero-order chi connectivity index (χ0) is 10.5. The molecule has 0 fully saturated rings. The van der Waals surface area contributed by atoms with Crippen molar-refractivity contribution >= 4 is 9.84 Å². The maximum absolute atomic E-state index is 10.8. The Bertz CT molecular complexity index is 226. The summed E-state index contributed by atoms with van der Waals surface area (Å²) in [6, 6.07) is -0.199. The monoisotopic (exact) mass is 209 g/mol. The van der Waals surface area contributed by atoms with Gasteiger partial charge < -0.3 is 10.5 Å². The van der Waals surface area contributed by atoms with E-state index in [1.807, 2.05) is 13.8 Å². The molecule has 0 heterocycles. The molecular formula is C8H19NO3S. The van der Waals surface area contributed by atoms with E-state index >= 15 is 0 Å². The first-order chi connectivity index (χ1) is 5.87. The Morgan fingerprint density at radius 3 is 2.38 bits per heavy atom. The molecule has 0 aliphatic heterocycles. The molecule has 2 N–H and O–H groups in total. The van der Waals surface area contributed by atoms with Gasteiger partial charge in [0.2, 0.25) is 0 Å². The van der Waals surface area contributed by atoms with Gasteiger partial charge in [-0.3, -0.25) is 0 Å². The van der Waals surface area contributed by atoms with Crippen LogP contribution in [0.15, 0.2) is 0 Å². The molecule has 0 saturated carbocycles. The molecule has 4 nitrogen and oxygen atoms in total. The van der Waals surface area contributed by atoms with Crippen LogP contribution in [-0.2, 0) is 14.6 Å². The molecule has 0 aliphatic rings. The van der Waals surface area contributed by atoms with Gasteiger partial charge in [-0.15, -0.1) is 0 Å². The molecule has 2 atom stereocenters. The quantitative estimate of drug-likeness (QED) is 0.677. The van der Waals surface area contributed by atoms with E-state index in [2.05, 4.69) is 0 Å². The first kappa shape index (κ1) is 12.9. The average Bonchev–Trinajstić information content (AvgIpc) is 1.99. The van der Waals surface area contributed by atoms with Crippen LogP contribution >= 0.6 is 0 Å². The summed E-state index contributed by atoms with van der Waals surface area (Å²) in [5, 5.41) is 0. The van der Waals surface area contributed by atoms with Crippen LogP contribution in [0.2, 0.25) is 0 Å². The Kier molecular flexibility index (Phi) is 5.51. The van der Waals surface area contributed by atoms with Gasteiger partial charge in [0.25, 0.3) is 0 Å². The number of rotatable bonds is 6. The highest BCUT2D eigenvalue weighted by molar-refractivity contribution is 7.90. The highest BCUT2D eigenvalue weighted by Gasteiger charge is 2.14. The topological polar surface area (TPSA) is 69.4 Å². The molecule has 0 aromatic rings. The van der Waals surface area contributed by atoms with Gasteiger partial charge in [0.05, 0.1) is 11.9 Å². The third-order valence-electron chi connectivity index (χ3n) is 1.85. The van der Waals surface area contributed by atoms with E-state index in [9.17, 15) is 8.42 Å². The van der Waals surface area contributed by atoms with Crippen molar-refractivity contribution < 1.29 is 13.2 Å². The summed E-state index contributed by atoms with van der Waals surface area (Å²) in [5.41, 5.74) is 5.72. The Balaban J connectivity index is 3.80. The van der Waals surface area contributed by atoms with Gasteiger partial charge in [-0.2, -0.15) is 0 Å². The molecule has 0 aromatic heterocycles. The largest absolute Gasteiger partial charge is 0.377 e. The summed E-state index contributed by atoms with van der Waals surface area (Å²) in [6.45, 7) is 4.35. The van der Waals surface area contributed by atoms with Crippen LogP contribution in [0, 0.1) is 0 Å². The maximum Gasteiger partial charge on any atom is 0.147 e. The smallest absolute Gasteiger partial charge is 0.147 e. The fourth-order valence-corrected chi connectivity index (χ4v) is 1.67. The van der Waals surface area contributed by atoms with Gasteiger partial charge in [0.15, 0.2) is 0 Å². The van der Waals surface area contributed by atoms with Crippen LogP contribution in [0.4, 0.5) is 0 Å². The second-order valence-electron chi connectivity index (χ2n) is 3.24. The van der Waals surface area contributed by atoms with E-state index in [1.165, 1.54) is 6.26 Å². The minimum Gasteiger partial charge on any atom is -0.377 e. The van der Waals surface area contributed by atoms with Crippen molar-refractivity contribution in [3.05, 3.63) is 0 Å². The number of ether oxygens (including phenoxy) is 1. The molecule has 0 amide bonds. The SMILES string of the molecule is CCOC(C)C(N)CCS(C)(=O)=O. The molecule has 0 saturated heterocycles. The fraction of sp³-hybridized carbons (Fsp3) is 1.00. The second kappa shape index (κ2) is 5.57. The first-order valence-corrected chi connectivity index (χ1v) is 6.47. The fourth-order valence-electron chi connectivity index (χ4n) is 0.971. The standard InChI is InChI=1S/C8H19NO3S/c1-4-12-7(2)8(9)5-6-13(3,10)11/h7-8H,4-6,9H2,1-3H3. The number of hydrogen-bond acceptors (Lipinski definition) is 4. The lowest BCUT2D eigenvalue weighted by atomic mass is 10.1. The van der Waals surface area contributed by atoms with Gasteiger partial charge in [-0.25, -0.2) is 8.42 Å². The lowest BCUT2D eigenvalue weighted by Gasteiger charge is -2.19. The molecule has 0 spiro atoms. The summed E-state index contributed by atoms with van der Waals surface area (Å²) in [7, 11) is -2.90. The molecular weight excluding hydrogens is 190 g/mol. The number of hydrogen-bond donors (Lipinski definition) is 1. The van der Waals surface area contributed by atoms with Crippen molar-refractivity contribution in [2.24, 2.45) is 5.73 Å².